The molecule has 1 saturated heterocycles. The van der Waals surface area contributed by atoms with E-state index in [4.69, 9.17) is 4.42 Å². The van der Waals surface area contributed by atoms with Crippen LogP contribution in [0.2, 0.25) is 0 Å². The Bertz CT molecular complexity index is 1180. The van der Waals surface area contributed by atoms with E-state index in [1.807, 2.05) is 36.4 Å². The predicted octanol–water partition coefficient (Wildman–Crippen LogP) is 3.78. The molecule has 0 bridgehead atoms. The van der Waals surface area contributed by atoms with Crippen LogP contribution in [0, 0.1) is 0 Å². The topological polar surface area (TPSA) is 77.7 Å². The van der Waals surface area contributed by atoms with Crippen LogP contribution in [0.1, 0.15) is 17.2 Å². The summed E-state index contributed by atoms with van der Waals surface area (Å²) in [7, 11) is 2.18. The van der Waals surface area contributed by atoms with Gasteiger partial charge in [-0.3, -0.25) is 4.90 Å². The number of aromatic nitrogens is 2. The fourth-order valence-corrected chi connectivity index (χ4v) is 4.22. The van der Waals surface area contributed by atoms with Gasteiger partial charge in [-0.1, -0.05) is 54.6 Å². The molecule has 7 heteroatoms. The zero-order valence-corrected chi connectivity index (χ0v) is 18.8. The molecule has 0 aliphatic carbocycles. The minimum absolute atomic E-state index is 0.0577. The first-order valence-electron chi connectivity index (χ1n) is 11.4. The van der Waals surface area contributed by atoms with Crippen molar-refractivity contribution in [1.82, 2.24) is 19.8 Å². The van der Waals surface area contributed by atoms with Crippen molar-refractivity contribution >= 4 is 16.9 Å². The Morgan fingerprint density at radius 2 is 1.76 bits per heavy atom. The number of aliphatic hydroxyl groups excluding tert-OH is 1. The standard InChI is InChI=1S/C26H29N5O2/c1-30-11-13-31(14-12-30)16-19-7-9-21(10-8-19)24-15-22-25(33-24)26(28-18-27-22)29-23(17-32)20-5-3-2-4-6-20/h2-10,15,18,23,32H,11-14,16-17H2,1H3,(H,27,28,29)/t23-/m1/s1. The lowest BCUT2D eigenvalue weighted by molar-refractivity contribution is 0.148. The third kappa shape index (κ3) is 4.90. The first-order chi connectivity index (χ1) is 16.2. The van der Waals surface area contributed by atoms with Gasteiger partial charge >= 0.3 is 0 Å². The smallest absolute Gasteiger partial charge is 0.195 e. The van der Waals surface area contributed by atoms with E-state index in [9.17, 15) is 5.11 Å². The number of piperazine rings is 1. The van der Waals surface area contributed by atoms with Gasteiger partial charge in [0.1, 0.15) is 17.6 Å². The third-order valence-electron chi connectivity index (χ3n) is 6.25. The summed E-state index contributed by atoms with van der Waals surface area (Å²) >= 11 is 0. The lowest BCUT2D eigenvalue weighted by Crippen LogP contribution is -2.43. The van der Waals surface area contributed by atoms with Gasteiger partial charge in [-0.2, -0.15) is 0 Å². The number of hydrogen-bond acceptors (Lipinski definition) is 7. The quantitative estimate of drug-likeness (QED) is 0.450. The van der Waals surface area contributed by atoms with Crippen molar-refractivity contribution in [3.05, 3.63) is 78.1 Å². The Morgan fingerprint density at radius 3 is 2.48 bits per heavy atom. The van der Waals surface area contributed by atoms with Crippen molar-refractivity contribution in [3.8, 4) is 11.3 Å². The van der Waals surface area contributed by atoms with Crippen LogP contribution in [-0.4, -0.2) is 64.7 Å². The van der Waals surface area contributed by atoms with Crippen LogP contribution in [0.15, 0.2) is 71.4 Å². The number of furan rings is 1. The van der Waals surface area contributed by atoms with Crippen LogP contribution in [0.4, 0.5) is 5.82 Å². The molecular formula is C26H29N5O2. The molecular weight excluding hydrogens is 414 g/mol. The molecule has 3 heterocycles. The highest BCUT2D eigenvalue weighted by molar-refractivity contribution is 5.87. The zero-order chi connectivity index (χ0) is 22.6. The molecule has 0 spiro atoms. The van der Waals surface area contributed by atoms with E-state index in [1.165, 1.54) is 11.9 Å². The van der Waals surface area contributed by atoms with Gasteiger partial charge in [0, 0.05) is 44.4 Å². The first kappa shape index (κ1) is 21.6. The largest absolute Gasteiger partial charge is 0.450 e. The number of likely N-dealkylation sites (N-methyl/N-ethyl adjacent to an activating group) is 1. The van der Waals surface area contributed by atoms with Gasteiger partial charge in [0.15, 0.2) is 11.4 Å². The number of aliphatic hydroxyl groups is 1. The summed E-state index contributed by atoms with van der Waals surface area (Å²) in [5.74, 6) is 1.32. The van der Waals surface area contributed by atoms with Crippen molar-refractivity contribution < 1.29 is 9.52 Å². The Kier molecular flexibility index (Phi) is 6.35. The van der Waals surface area contributed by atoms with Crippen LogP contribution in [0.3, 0.4) is 0 Å². The Morgan fingerprint density at radius 1 is 1.00 bits per heavy atom. The van der Waals surface area contributed by atoms with E-state index in [-0.39, 0.29) is 12.6 Å². The van der Waals surface area contributed by atoms with Gasteiger partial charge in [0.2, 0.25) is 0 Å². The van der Waals surface area contributed by atoms with Gasteiger partial charge in [-0.15, -0.1) is 0 Å². The summed E-state index contributed by atoms with van der Waals surface area (Å²) in [6.45, 7) is 5.36. The number of rotatable bonds is 7. The number of nitrogens with zero attached hydrogens (tertiary/aromatic N) is 4. The van der Waals surface area contributed by atoms with E-state index in [0.29, 0.717) is 11.4 Å². The minimum atomic E-state index is -0.285. The Hall–Kier alpha value is -3.26. The number of fused-ring (bicyclic) bond motifs is 1. The summed E-state index contributed by atoms with van der Waals surface area (Å²) in [5, 5.41) is 13.2. The third-order valence-corrected chi connectivity index (χ3v) is 6.25. The van der Waals surface area contributed by atoms with Crippen molar-refractivity contribution in [1.29, 1.82) is 0 Å². The van der Waals surface area contributed by atoms with Gasteiger partial charge in [-0.25, -0.2) is 9.97 Å². The summed E-state index contributed by atoms with van der Waals surface area (Å²) in [4.78, 5) is 13.6. The van der Waals surface area contributed by atoms with Gasteiger partial charge < -0.3 is 19.7 Å². The zero-order valence-electron chi connectivity index (χ0n) is 18.8. The van der Waals surface area contributed by atoms with Crippen molar-refractivity contribution in [2.24, 2.45) is 0 Å². The van der Waals surface area contributed by atoms with Gasteiger partial charge in [0.05, 0.1) is 12.6 Å². The van der Waals surface area contributed by atoms with Gasteiger partial charge in [-0.05, 0) is 18.2 Å². The fraction of sp³-hybridized carbons (Fsp3) is 0.308. The molecule has 1 aliphatic rings. The van der Waals surface area contributed by atoms with E-state index < -0.39 is 0 Å². The van der Waals surface area contributed by atoms with Crippen molar-refractivity contribution in [2.45, 2.75) is 12.6 Å². The fourth-order valence-electron chi connectivity index (χ4n) is 4.22. The van der Waals surface area contributed by atoms with Gasteiger partial charge in [0.25, 0.3) is 0 Å². The molecule has 1 fully saturated rings. The van der Waals surface area contributed by atoms with E-state index in [0.717, 1.165) is 55.1 Å². The maximum Gasteiger partial charge on any atom is 0.195 e. The molecule has 7 nitrogen and oxygen atoms in total. The molecule has 5 rings (SSSR count). The Balaban J connectivity index is 1.34. The molecule has 0 radical (unpaired) electrons. The van der Waals surface area contributed by atoms with Crippen LogP contribution >= 0.6 is 0 Å². The number of benzene rings is 2. The lowest BCUT2D eigenvalue weighted by Gasteiger charge is -2.32. The molecule has 0 unspecified atom stereocenters. The molecule has 1 aliphatic heterocycles. The van der Waals surface area contributed by atoms with Crippen molar-refractivity contribution in [2.75, 3.05) is 45.2 Å². The molecule has 170 valence electrons. The van der Waals surface area contributed by atoms with Crippen LogP contribution in [0.5, 0.6) is 0 Å². The summed E-state index contributed by atoms with van der Waals surface area (Å²) < 4.78 is 6.18. The second-order valence-corrected chi connectivity index (χ2v) is 8.61. The average molecular weight is 444 g/mol. The predicted molar refractivity (Wildman–Crippen MR) is 130 cm³/mol. The van der Waals surface area contributed by atoms with Crippen LogP contribution in [0.25, 0.3) is 22.4 Å². The number of anilines is 1. The highest BCUT2D eigenvalue weighted by Gasteiger charge is 2.17. The first-order valence-corrected chi connectivity index (χ1v) is 11.4. The second-order valence-electron chi connectivity index (χ2n) is 8.61. The highest BCUT2D eigenvalue weighted by atomic mass is 16.3. The molecule has 2 aromatic heterocycles. The number of hydrogen-bond donors (Lipinski definition) is 2. The second kappa shape index (κ2) is 9.70. The normalized spacial score (nSPS) is 16.2. The minimum Gasteiger partial charge on any atom is -0.450 e. The maximum atomic E-state index is 9.91. The molecule has 2 N–H and O–H groups in total. The summed E-state index contributed by atoms with van der Waals surface area (Å²) in [6, 6.07) is 20.0. The highest BCUT2D eigenvalue weighted by Crippen LogP contribution is 2.31. The van der Waals surface area contributed by atoms with Crippen LogP contribution < -0.4 is 5.32 Å². The van der Waals surface area contributed by atoms with E-state index in [2.05, 4.69) is 56.4 Å². The van der Waals surface area contributed by atoms with E-state index >= 15 is 0 Å². The SMILES string of the molecule is CN1CCN(Cc2ccc(-c3cc4ncnc(N[C@H](CO)c5ccccc5)c4o3)cc2)CC1. The average Bonchev–Trinajstić information content (AvgIpc) is 3.30. The lowest BCUT2D eigenvalue weighted by atomic mass is 10.1. The molecule has 0 saturated carbocycles. The summed E-state index contributed by atoms with van der Waals surface area (Å²) in [6.07, 6.45) is 1.52. The molecule has 2 aromatic carbocycles. The monoisotopic (exact) mass is 443 g/mol. The molecule has 0 amide bonds. The Labute approximate surface area is 193 Å². The maximum absolute atomic E-state index is 9.91. The molecule has 4 aromatic rings. The molecule has 1 atom stereocenters. The van der Waals surface area contributed by atoms with E-state index in [1.54, 1.807) is 0 Å². The summed E-state index contributed by atoms with van der Waals surface area (Å²) in [5.41, 5.74) is 4.60. The molecule has 33 heavy (non-hydrogen) atoms. The van der Waals surface area contributed by atoms with Crippen LogP contribution in [-0.2, 0) is 6.54 Å². The number of nitrogens with one attached hydrogen (secondary N) is 1. The van der Waals surface area contributed by atoms with Crippen molar-refractivity contribution in [3.63, 3.8) is 0 Å².